The molecule has 0 aliphatic rings. The van der Waals surface area contributed by atoms with Gasteiger partial charge in [0.15, 0.2) is 34.5 Å². The summed E-state index contributed by atoms with van der Waals surface area (Å²) in [6.07, 6.45) is 4.87. The molecular formula is C36H50O9. The quantitative estimate of drug-likeness (QED) is 0.117. The van der Waals surface area contributed by atoms with E-state index in [-0.39, 0.29) is 17.2 Å². The molecule has 0 fully saturated rings. The van der Waals surface area contributed by atoms with E-state index in [4.69, 9.17) is 37.9 Å². The first-order valence-electron chi connectivity index (χ1n) is 16.3. The van der Waals surface area contributed by atoms with Gasteiger partial charge in [-0.1, -0.05) is 47.6 Å². The lowest BCUT2D eigenvalue weighted by Crippen LogP contribution is -2.07. The summed E-state index contributed by atoms with van der Waals surface area (Å²) in [5, 5.41) is 11.0. The number of benzene rings is 3. The normalized spacial score (nSPS) is 10.7. The first-order valence-corrected chi connectivity index (χ1v) is 16.3. The Morgan fingerprint density at radius 2 is 0.711 bits per heavy atom. The van der Waals surface area contributed by atoms with E-state index >= 15 is 0 Å². The number of rotatable bonds is 22. The SMILES string of the molecule is CCCOc1ccc(Oc2cccc(O)c2Oc2ccc(OCCC)c(OCCC)c2OCCC)c(OCCC)c1OCCC. The number of phenols is 1. The molecule has 0 radical (unpaired) electrons. The summed E-state index contributed by atoms with van der Waals surface area (Å²) >= 11 is 0. The third-order valence-electron chi connectivity index (χ3n) is 6.20. The van der Waals surface area contributed by atoms with Crippen LogP contribution < -0.4 is 37.9 Å². The number of aromatic hydroxyl groups is 1. The third-order valence-corrected chi connectivity index (χ3v) is 6.20. The number of para-hydroxylation sites is 1. The van der Waals surface area contributed by atoms with Crippen LogP contribution in [0.15, 0.2) is 42.5 Å². The maximum atomic E-state index is 11.0. The van der Waals surface area contributed by atoms with E-state index in [9.17, 15) is 5.11 Å². The molecular weight excluding hydrogens is 576 g/mol. The van der Waals surface area contributed by atoms with E-state index in [1.807, 2.05) is 41.5 Å². The molecule has 9 nitrogen and oxygen atoms in total. The molecule has 0 bridgehead atoms. The number of ether oxygens (including phenoxy) is 8. The van der Waals surface area contributed by atoms with Crippen molar-refractivity contribution < 1.29 is 43.0 Å². The lowest BCUT2D eigenvalue weighted by Gasteiger charge is -2.22. The average molecular weight is 627 g/mol. The molecule has 0 unspecified atom stereocenters. The van der Waals surface area contributed by atoms with Gasteiger partial charge < -0.3 is 43.0 Å². The fourth-order valence-corrected chi connectivity index (χ4v) is 4.14. The lowest BCUT2D eigenvalue weighted by molar-refractivity contribution is 0.234. The monoisotopic (exact) mass is 626 g/mol. The van der Waals surface area contributed by atoms with Gasteiger partial charge in [0.2, 0.25) is 28.7 Å². The molecule has 1 N–H and O–H groups in total. The van der Waals surface area contributed by atoms with Crippen molar-refractivity contribution in [1.82, 2.24) is 0 Å². The van der Waals surface area contributed by atoms with Crippen LogP contribution in [0.4, 0.5) is 0 Å². The first-order chi connectivity index (χ1) is 22.0. The molecule has 3 aromatic rings. The minimum Gasteiger partial charge on any atom is -0.504 e. The summed E-state index contributed by atoms with van der Waals surface area (Å²) in [6, 6.07) is 12.1. The average Bonchev–Trinajstić information content (AvgIpc) is 3.05. The maximum absolute atomic E-state index is 11.0. The maximum Gasteiger partial charge on any atom is 0.211 e. The van der Waals surface area contributed by atoms with Gasteiger partial charge >= 0.3 is 0 Å². The van der Waals surface area contributed by atoms with Crippen molar-refractivity contribution in [2.45, 2.75) is 80.1 Å². The van der Waals surface area contributed by atoms with E-state index in [0.717, 1.165) is 38.5 Å². The molecule has 0 atom stereocenters. The fourth-order valence-electron chi connectivity index (χ4n) is 4.14. The summed E-state index contributed by atoms with van der Waals surface area (Å²) < 4.78 is 49.4. The van der Waals surface area contributed by atoms with E-state index in [1.165, 1.54) is 6.07 Å². The smallest absolute Gasteiger partial charge is 0.211 e. The zero-order valence-corrected chi connectivity index (χ0v) is 27.7. The van der Waals surface area contributed by atoms with Crippen molar-refractivity contribution in [3.05, 3.63) is 42.5 Å². The minimum atomic E-state index is -0.113. The van der Waals surface area contributed by atoms with Crippen molar-refractivity contribution in [2.24, 2.45) is 0 Å². The van der Waals surface area contributed by atoms with Crippen LogP contribution >= 0.6 is 0 Å². The highest BCUT2D eigenvalue weighted by molar-refractivity contribution is 5.64. The Kier molecular flexibility index (Phi) is 15.1. The molecule has 0 aliphatic carbocycles. The van der Waals surface area contributed by atoms with Gasteiger partial charge in [-0.05, 0) is 74.9 Å². The Labute approximate surface area is 268 Å². The Bertz CT molecular complexity index is 1310. The van der Waals surface area contributed by atoms with E-state index in [0.29, 0.717) is 85.6 Å². The van der Waals surface area contributed by atoms with Crippen LogP contribution in [0, 0.1) is 0 Å². The highest BCUT2D eigenvalue weighted by Crippen LogP contribution is 2.52. The molecule has 0 heterocycles. The molecule has 3 aromatic carbocycles. The van der Waals surface area contributed by atoms with Crippen LogP contribution in [0.5, 0.6) is 63.2 Å². The van der Waals surface area contributed by atoms with Crippen LogP contribution in [-0.2, 0) is 0 Å². The molecule has 45 heavy (non-hydrogen) atoms. The fraction of sp³-hybridized carbons (Fsp3) is 0.500. The van der Waals surface area contributed by atoms with Crippen LogP contribution in [-0.4, -0.2) is 44.7 Å². The molecule has 0 aromatic heterocycles. The van der Waals surface area contributed by atoms with Gasteiger partial charge in [-0.3, -0.25) is 0 Å². The Morgan fingerprint density at radius 1 is 0.378 bits per heavy atom. The minimum absolute atomic E-state index is 0.103. The van der Waals surface area contributed by atoms with Crippen LogP contribution in [0.3, 0.4) is 0 Å². The van der Waals surface area contributed by atoms with E-state index < -0.39 is 0 Å². The topological polar surface area (TPSA) is 94.1 Å². The summed E-state index contributed by atoms with van der Waals surface area (Å²) in [5.74, 6) is 3.92. The predicted molar refractivity (Wildman–Crippen MR) is 176 cm³/mol. The van der Waals surface area contributed by atoms with Gasteiger partial charge in [-0.15, -0.1) is 0 Å². The number of hydrogen-bond donors (Lipinski definition) is 1. The van der Waals surface area contributed by atoms with Crippen molar-refractivity contribution in [2.75, 3.05) is 39.6 Å². The van der Waals surface area contributed by atoms with Gasteiger partial charge in [0.05, 0.1) is 39.6 Å². The van der Waals surface area contributed by atoms with Crippen LogP contribution in [0.1, 0.15) is 80.1 Å². The van der Waals surface area contributed by atoms with Gasteiger partial charge in [0.1, 0.15) is 0 Å². The predicted octanol–water partition coefficient (Wildman–Crippen LogP) is 9.71. The molecule has 0 amide bonds. The molecule has 0 spiro atoms. The van der Waals surface area contributed by atoms with Crippen molar-refractivity contribution in [3.63, 3.8) is 0 Å². The zero-order chi connectivity index (χ0) is 32.4. The zero-order valence-electron chi connectivity index (χ0n) is 27.7. The van der Waals surface area contributed by atoms with Gasteiger partial charge in [-0.2, -0.15) is 0 Å². The Balaban J connectivity index is 2.09. The second kappa shape index (κ2) is 19.3. The van der Waals surface area contributed by atoms with Crippen molar-refractivity contribution in [1.29, 1.82) is 0 Å². The van der Waals surface area contributed by atoms with Crippen molar-refractivity contribution in [3.8, 4) is 63.2 Å². The van der Waals surface area contributed by atoms with E-state index in [2.05, 4.69) is 0 Å². The van der Waals surface area contributed by atoms with Gasteiger partial charge in [-0.25, -0.2) is 0 Å². The van der Waals surface area contributed by atoms with E-state index in [1.54, 1.807) is 36.4 Å². The van der Waals surface area contributed by atoms with Gasteiger partial charge in [0, 0.05) is 0 Å². The summed E-state index contributed by atoms with van der Waals surface area (Å²) in [6.45, 7) is 15.1. The second-order valence-electron chi connectivity index (χ2n) is 10.3. The molecule has 9 heteroatoms. The second-order valence-corrected chi connectivity index (χ2v) is 10.3. The summed E-state index contributed by atoms with van der Waals surface area (Å²) in [7, 11) is 0. The van der Waals surface area contributed by atoms with Crippen molar-refractivity contribution >= 4 is 0 Å². The van der Waals surface area contributed by atoms with Crippen LogP contribution in [0.25, 0.3) is 0 Å². The number of hydrogen-bond acceptors (Lipinski definition) is 9. The molecule has 0 saturated carbocycles. The van der Waals surface area contributed by atoms with Gasteiger partial charge in [0.25, 0.3) is 0 Å². The summed E-state index contributed by atoms with van der Waals surface area (Å²) in [5.41, 5.74) is 0. The highest BCUT2D eigenvalue weighted by atomic mass is 16.6. The molecule has 0 saturated heterocycles. The first kappa shape index (κ1) is 35.3. The third kappa shape index (κ3) is 9.93. The molecule has 3 rings (SSSR count). The summed E-state index contributed by atoms with van der Waals surface area (Å²) in [4.78, 5) is 0. The Hall–Kier alpha value is -4.14. The standard InChI is InChI=1S/C36H50O9/c1-7-20-38-27-16-18-30(35(42-24-11-5)33(27)40-22-9-3)44-29-15-13-14-26(37)32(29)45-31-19-17-28(39-21-8-2)34(41-23-10-4)36(31)43-25-12-6/h13-19,37H,7-12,20-25H2,1-6H3. The van der Waals surface area contributed by atoms with Crippen LogP contribution in [0.2, 0.25) is 0 Å². The molecule has 0 aliphatic heterocycles. The lowest BCUT2D eigenvalue weighted by atomic mass is 10.2. The molecule has 248 valence electrons. The Morgan fingerprint density at radius 3 is 1.13 bits per heavy atom. The highest BCUT2D eigenvalue weighted by Gasteiger charge is 2.25. The largest absolute Gasteiger partial charge is 0.504 e. The number of phenolic OH excluding ortho intramolecular Hbond substituents is 1.